The van der Waals surface area contributed by atoms with E-state index in [9.17, 15) is 18.5 Å². The number of nitro benzene ring substituents is 1. The minimum absolute atomic E-state index is 0.0340. The summed E-state index contributed by atoms with van der Waals surface area (Å²) in [6.45, 7) is 1.56. The number of nitro groups is 1. The molecule has 0 radical (unpaired) electrons. The minimum atomic E-state index is -4.13. The lowest BCUT2D eigenvalue weighted by molar-refractivity contribution is -0.385. The molecule has 0 aliphatic heterocycles. The Morgan fingerprint density at radius 3 is 2.67 bits per heavy atom. The molecule has 0 N–H and O–H groups in total. The van der Waals surface area contributed by atoms with Crippen LogP contribution in [0.15, 0.2) is 23.1 Å². The average Bonchev–Trinajstić information content (AvgIpc) is 2.28. The fourth-order valence-corrected chi connectivity index (χ4v) is 2.10. The quantitative estimate of drug-likeness (QED) is 0.366. The van der Waals surface area contributed by atoms with Crippen LogP contribution in [-0.4, -0.2) is 19.9 Å². The molecule has 1 aromatic rings. The van der Waals surface area contributed by atoms with E-state index in [1.807, 2.05) is 0 Å². The molecule has 0 spiro atoms. The lowest BCUT2D eigenvalue weighted by atomic mass is 10.3. The van der Waals surface area contributed by atoms with Crippen LogP contribution in [0.1, 0.15) is 6.92 Å². The van der Waals surface area contributed by atoms with Crippen LogP contribution in [0.5, 0.6) is 5.75 Å². The third-order valence-corrected chi connectivity index (χ3v) is 3.22. The summed E-state index contributed by atoms with van der Waals surface area (Å²) in [5.41, 5.74) is -0.386. The molecule has 0 aliphatic carbocycles. The van der Waals surface area contributed by atoms with Crippen molar-refractivity contribution in [2.45, 2.75) is 11.8 Å². The summed E-state index contributed by atoms with van der Waals surface area (Å²) < 4.78 is 27.7. The fourth-order valence-electron chi connectivity index (χ4n) is 1.11. The Kier molecular flexibility index (Phi) is 4.53. The maximum atomic E-state index is 11.3. The third kappa shape index (κ3) is 3.61. The van der Waals surface area contributed by atoms with Gasteiger partial charge in [-0.1, -0.05) is 5.92 Å². The van der Waals surface area contributed by atoms with Gasteiger partial charge in [-0.25, -0.2) is 8.42 Å². The molecule has 1 aromatic carbocycles. The van der Waals surface area contributed by atoms with Gasteiger partial charge in [-0.05, 0) is 13.0 Å². The minimum Gasteiger partial charge on any atom is -0.480 e. The molecule has 0 atom stereocenters. The first-order valence-electron chi connectivity index (χ1n) is 4.61. The number of non-ortho nitro benzene ring substituents is 1. The van der Waals surface area contributed by atoms with E-state index in [-0.39, 0.29) is 18.0 Å². The highest BCUT2D eigenvalue weighted by Crippen LogP contribution is 2.30. The van der Waals surface area contributed by atoms with E-state index in [0.29, 0.717) is 0 Å². The smallest absolute Gasteiger partial charge is 0.271 e. The molecule has 0 bridgehead atoms. The Morgan fingerprint density at radius 1 is 1.50 bits per heavy atom. The Balaban J connectivity index is 3.24. The second-order valence-corrected chi connectivity index (χ2v) is 5.58. The van der Waals surface area contributed by atoms with Crippen LogP contribution in [0.2, 0.25) is 0 Å². The molecule has 96 valence electrons. The molecule has 0 fully saturated rings. The summed E-state index contributed by atoms with van der Waals surface area (Å²) in [5, 5.41) is 10.6. The zero-order chi connectivity index (χ0) is 13.8. The summed E-state index contributed by atoms with van der Waals surface area (Å²) >= 11 is 0. The van der Waals surface area contributed by atoms with Crippen molar-refractivity contribution in [1.29, 1.82) is 0 Å². The van der Waals surface area contributed by atoms with Gasteiger partial charge in [0, 0.05) is 22.8 Å². The molecular formula is C10H8ClNO5S. The summed E-state index contributed by atoms with van der Waals surface area (Å²) in [6.07, 6.45) is 0. The van der Waals surface area contributed by atoms with Gasteiger partial charge >= 0.3 is 0 Å². The van der Waals surface area contributed by atoms with Gasteiger partial charge in [-0.3, -0.25) is 10.1 Å². The van der Waals surface area contributed by atoms with Crippen molar-refractivity contribution in [2.24, 2.45) is 0 Å². The average molecular weight is 290 g/mol. The fraction of sp³-hybridized carbons (Fsp3) is 0.200. The summed E-state index contributed by atoms with van der Waals surface area (Å²) in [7, 11) is 1.05. The molecule has 6 nitrogen and oxygen atoms in total. The van der Waals surface area contributed by atoms with Crippen molar-refractivity contribution in [3.05, 3.63) is 28.3 Å². The first-order chi connectivity index (χ1) is 8.36. The van der Waals surface area contributed by atoms with Crippen molar-refractivity contribution in [2.75, 3.05) is 6.61 Å². The molecule has 1 rings (SSSR count). The zero-order valence-corrected chi connectivity index (χ0v) is 10.8. The van der Waals surface area contributed by atoms with E-state index in [2.05, 4.69) is 11.8 Å². The van der Waals surface area contributed by atoms with Crippen LogP contribution in [-0.2, 0) is 9.05 Å². The van der Waals surface area contributed by atoms with Crippen molar-refractivity contribution in [3.63, 3.8) is 0 Å². The predicted molar refractivity (Wildman–Crippen MR) is 65.1 cm³/mol. The van der Waals surface area contributed by atoms with Gasteiger partial charge in [0.15, 0.2) is 0 Å². The van der Waals surface area contributed by atoms with E-state index in [1.54, 1.807) is 6.92 Å². The molecule has 0 saturated heterocycles. The summed E-state index contributed by atoms with van der Waals surface area (Å²) in [6, 6.07) is 3.14. The highest BCUT2D eigenvalue weighted by Gasteiger charge is 2.21. The van der Waals surface area contributed by atoms with Crippen molar-refractivity contribution in [1.82, 2.24) is 0 Å². The van der Waals surface area contributed by atoms with E-state index in [4.69, 9.17) is 15.4 Å². The van der Waals surface area contributed by atoms with Crippen molar-refractivity contribution >= 4 is 25.4 Å². The SMILES string of the molecule is CC#CCOc1ccc([N+](=O)[O-])cc1S(=O)(=O)Cl. The monoisotopic (exact) mass is 289 g/mol. The normalized spacial score (nSPS) is 10.3. The van der Waals surface area contributed by atoms with Gasteiger partial charge in [-0.15, -0.1) is 5.92 Å². The Bertz CT molecular complexity index is 629. The topological polar surface area (TPSA) is 86.5 Å². The molecule has 0 heterocycles. The highest BCUT2D eigenvalue weighted by molar-refractivity contribution is 8.13. The van der Waals surface area contributed by atoms with Crippen molar-refractivity contribution < 1.29 is 18.1 Å². The van der Waals surface area contributed by atoms with Crippen LogP contribution in [0.25, 0.3) is 0 Å². The predicted octanol–water partition coefficient (Wildman–Crippen LogP) is 1.92. The first kappa shape index (κ1) is 14.3. The van der Waals surface area contributed by atoms with E-state index >= 15 is 0 Å². The molecule has 0 aliphatic rings. The largest absolute Gasteiger partial charge is 0.480 e. The highest BCUT2D eigenvalue weighted by atomic mass is 35.7. The third-order valence-electron chi connectivity index (χ3n) is 1.88. The lowest BCUT2D eigenvalue weighted by Gasteiger charge is -2.06. The van der Waals surface area contributed by atoms with Crippen LogP contribution in [0.3, 0.4) is 0 Å². The number of benzene rings is 1. The van der Waals surface area contributed by atoms with Crippen LogP contribution in [0, 0.1) is 22.0 Å². The van der Waals surface area contributed by atoms with Gasteiger partial charge in [0.25, 0.3) is 14.7 Å². The second kappa shape index (κ2) is 5.71. The lowest BCUT2D eigenvalue weighted by Crippen LogP contribution is -2.01. The number of halogens is 1. The van der Waals surface area contributed by atoms with E-state index < -0.39 is 18.9 Å². The second-order valence-electron chi connectivity index (χ2n) is 3.04. The molecule has 0 saturated carbocycles. The van der Waals surface area contributed by atoms with E-state index in [1.165, 1.54) is 6.07 Å². The van der Waals surface area contributed by atoms with Crippen LogP contribution < -0.4 is 4.74 Å². The maximum absolute atomic E-state index is 11.3. The summed E-state index contributed by atoms with van der Waals surface area (Å²) in [4.78, 5) is 9.39. The van der Waals surface area contributed by atoms with Gasteiger partial charge in [0.05, 0.1) is 4.92 Å². The van der Waals surface area contributed by atoms with Gasteiger partial charge < -0.3 is 4.74 Å². The number of hydrogen-bond acceptors (Lipinski definition) is 5. The molecule has 18 heavy (non-hydrogen) atoms. The molecule has 0 aromatic heterocycles. The Labute approximate surface area is 108 Å². The first-order valence-corrected chi connectivity index (χ1v) is 6.92. The number of ether oxygens (including phenoxy) is 1. The Morgan fingerprint density at radius 2 is 2.17 bits per heavy atom. The van der Waals surface area contributed by atoms with Crippen molar-refractivity contribution in [3.8, 4) is 17.6 Å². The summed E-state index contributed by atoms with van der Waals surface area (Å²) in [5.74, 6) is 5.06. The molecule has 0 unspecified atom stereocenters. The molecule has 0 amide bonds. The van der Waals surface area contributed by atoms with Gasteiger partial charge in [0.1, 0.15) is 17.3 Å². The van der Waals surface area contributed by atoms with E-state index in [0.717, 1.165) is 12.1 Å². The van der Waals surface area contributed by atoms with Crippen LogP contribution in [0.4, 0.5) is 5.69 Å². The zero-order valence-electron chi connectivity index (χ0n) is 9.21. The maximum Gasteiger partial charge on any atom is 0.271 e. The molecule has 8 heteroatoms. The van der Waals surface area contributed by atoms with Crippen LogP contribution >= 0.6 is 10.7 Å². The number of nitrogens with zero attached hydrogens (tertiary/aromatic N) is 1. The Hall–Kier alpha value is -1.78. The standard InChI is InChI=1S/C10H8ClNO5S/c1-2-3-6-17-9-5-4-8(12(13)14)7-10(9)18(11,15)16/h4-5,7H,6H2,1H3. The van der Waals surface area contributed by atoms with Gasteiger partial charge in [-0.2, -0.15) is 0 Å². The molecular weight excluding hydrogens is 282 g/mol. The number of rotatable bonds is 4. The van der Waals surface area contributed by atoms with Gasteiger partial charge in [0.2, 0.25) is 0 Å². The number of hydrogen-bond donors (Lipinski definition) is 0.